The molecule has 6 rings (SSSR count). The molecule has 264 valence electrons. The van der Waals surface area contributed by atoms with Gasteiger partial charge >= 0.3 is 0 Å². The number of ether oxygens (including phenoxy) is 1. The van der Waals surface area contributed by atoms with E-state index in [4.69, 9.17) is 4.74 Å². The molecule has 6 aromatic rings. The normalized spacial score (nSPS) is 10.9. The SMILES string of the molecule is O=C(/C=C/c1ccccc1)c1cccc(NC(=O)c2ccc(Oc3cccc(C(=O)Nc4cccc(C(=O)/C=C/c5cccc([N+](=O)[O-])c5)c4)c3)cc2)c1. The number of nitrogens with one attached hydrogen (secondary N) is 2. The van der Waals surface area contributed by atoms with Gasteiger partial charge in [0.15, 0.2) is 11.6 Å². The van der Waals surface area contributed by atoms with E-state index < -0.39 is 10.8 Å². The molecule has 0 fully saturated rings. The number of benzene rings is 6. The lowest BCUT2D eigenvalue weighted by atomic mass is 10.1. The second-order valence-electron chi connectivity index (χ2n) is 11.9. The zero-order valence-electron chi connectivity index (χ0n) is 28.5. The molecule has 0 unspecified atom stereocenters. The van der Waals surface area contributed by atoms with Crippen molar-refractivity contribution in [2.75, 3.05) is 10.6 Å². The summed E-state index contributed by atoms with van der Waals surface area (Å²) < 4.78 is 5.96. The molecule has 0 saturated heterocycles. The number of hydrogen-bond acceptors (Lipinski definition) is 7. The van der Waals surface area contributed by atoms with Crippen LogP contribution in [0.25, 0.3) is 12.2 Å². The van der Waals surface area contributed by atoms with E-state index >= 15 is 0 Å². The molecule has 0 saturated carbocycles. The Morgan fingerprint density at radius 2 is 1.04 bits per heavy atom. The second kappa shape index (κ2) is 17.0. The Kier molecular flexibility index (Phi) is 11.4. The third-order valence-electron chi connectivity index (χ3n) is 7.99. The third-order valence-corrected chi connectivity index (χ3v) is 7.99. The van der Waals surface area contributed by atoms with Gasteiger partial charge in [0.05, 0.1) is 4.92 Å². The molecule has 0 heterocycles. The number of nitrogens with zero attached hydrogens (tertiary/aromatic N) is 1. The molecule has 0 aliphatic carbocycles. The van der Waals surface area contributed by atoms with Gasteiger partial charge in [0, 0.05) is 45.8 Å². The molecule has 10 heteroatoms. The number of nitro benzene ring substituents is 1. The van der Waals surface area contributed by atoms with Crippen molar-refractivity contribution in [2.45, 2.75) is 0 Å². The van der Waals surface area contributed by atoms with Crippen LogP contribution in [0.4, 0.5) is 17.1 Å². The summed E-state index contributed by atoms with van der Waals surface area (Å²) in [6.45, 7) is 0. The molecule has 0 atom stereocenters. The van der Waals surface area contributed by atoms with Gasteiger partial charge in [0.2, 0.25) is 0 Å². The number of nitro groups is 1. The number of hydrogen-bond donors (Lipinski definition) is 2. The lowest BCUT2D eigenvalue weighted by Gasteiger charge is -2.10. The first-order chi connectivity index (χ1) is 26.2. The monoisotopic (exact) mass is 713 g/mol. The van der Waals surface area contributed by atoms with Crippen molar-refractivity contribution in [1.29, 1.82) is 0 Å². The van der Waals surface area contributed by atoms with Crippen molar-refractivity contribution in [2.24, 2.45) is 0 Å². The number of anilines is 2. The van der Waals surface area contributed by atoms with E-state index in [2.05, 4.69) is 10.6 Å². The van der Waals surface area contributed by atoms with E-state index in [1.165, 1.54) is 42.5 Å². The summed E-state index contributed by atoms with van der Waals surface area (Å²) in [5.41, 5.74) is 3.64. The Balaban J connectivity index is 1.04. The van der Waals surface area contributed by atoms with Crippen LogP contribution in [0.3, 0.4) is 0 Å². The van der Waals surface area contributed by atoms with Crippen molar-refractivity contribution in [3.63, 3.8) is 0 Å². The Bertz CT molecular complexity index is 2420. The van der Waals surface area contributed by atoms with Gasteiger partial charge in [0.1, 0.15) is 11.5 Å². The molecule has 0 spiro atoms. The molecule has 10 nitrogen and oxygen atoms in total. The second-order valence-corrected chi connectivity index (χ2v) is 11.9. The predicted octanol–water partition coefficient (Wildman–Crippen LogP) is 9.68. The number of rotatable bonds is 13. The van der Waals surface area contributed by atoms with Crippen molar-refractivity contribution < 1.29 is 28.8 Å². The Morgan fingerprint density at radius 1 is 0.500 bits per heavy atom. The highest BCUT2D eigenvalue weighted by Crippen LogP contribution is 2.24. The van der Waals surface area contributed by atoms with Crippen LogP contribution in [0.15, 0.2) is 164 Å². The number of non-ortho nitro benzene ring substituents is 1. The Hall–Kier alpha value is -7.72. The van der Waals surface area contributed by atoms with Gasteiger partial charge in [-0.1, -0.05) is 84.9 Å². The smallest absolute Gasteiger partial charge is 0.270 e. The van der Waals surface area contributed by atoms with Crippen molar-refractivity contribution in [3.05, 3.63) is 207 Å². The van der Waals surface area contributed by atoms with Crippen LogP contribution in [0.2, 0.25) is 0 Å². The summed E-state index contributed by atoms with van der Waals surface area (Å²) in [4.78, 5) is 62.2. The quantitative estimate of drug-likeness (QED) is 0.0525. The van der Waals surface area contributed by atoms with Gasteiger partial charge < -0.3 is 15.4 Å². The summed E-state index contributed by atoms with van der Waals surface area (Å²) in [5.74, 6) is -0.504. The van der Waals surface area contributed by atoms with Crippen LogP contribution in [0, 0.1) is 10.1 Å². The first-order valence-electron chi connectivity index (χ1n) is 16.7. The molecule has 2 N–H and O–H groups in total. The molecule has 6 aromatic carbocycles. The number of allylic oxidation sites excluding steroid dienone is 2. The number of ketones is 2. The maximum Gasteiger partial charge on any atom is 0.270 e. The summed E-state index contributed by atoms with van der Waals surface area (Å²) in [7, 11) is 0. The van der Waals surface area contributed by atoms with E-state index in [9.17, 15) is 29.3 Å². The highest BCUT2D eigenvalue weighted by Gasteiger charge is 2.12. The molecule has 0 radical (unpaired) electrons. The molecule has 0 aliphatic heterocycles. The van der Waals surface area contributed by atoms with Gasteiger partial charge in [-0.2, -0.15) is 0 Å². The highest BCUT2D eigenvalue weighted by molar-refractivity contribution is 6.10. The fourth-order valence-corrected chi connectivity index (χ4v) is 5.26. The summed E-state index contributed by atoms with van der Waals surface area (Å²) in [6.07, 6.45) is 6.04. The van der Waals surface area contributed by atoms with Crippen LogP contribution >= 0.6 is 0 Å². The van der Waals surface area contributed by atoms with Crippen molar-refractivity contribution in [1.82, 2.24) is 0 Å². The summed E-state index contributed by atoms with van der Waals surface area (Å²) in [6, 6.07) is 41.6. The van der Waals surface area contributed by atoms with Gasteiger partial charge in [-0.15, -0.1) is 0 Å². The van der Waals surface area contributed by atoms with Crippen LogP contribution in [0.1, 0.15) is 52.6 Å². The topological polar surface area (TPSA) is 145 Å². The van der Waals surface area contributed by atoms with Gasteiger partial charge in [-0.3, -0.25) is 29.3 Å². The molecular formula is C44H31N3O7. The summed E-state index contributed by atoms with van der Waals surface area (Å²) in [5, 5.41) is 16.6. The van der Waals surface area contributed by atoms with Crippen molar-refractivity contribution >= 4 is 52.6 Å². The van der Waals surface area contributed by atoms with Crippen molar-refractivity contribution in [3.8, 4) is 11.5 Å². The van der Waals surface area contributed by atoms with Crippen LogP contribution in [-0.4, -0.2) is 28.3 Å². The average Bonchev–Trinajstić information content (AvgIpc) is 3.20. The average molecular weight is 714 g/mol. The van der Waals surface area contributed by atoms with E-state index in [1.54, 1.807) is 103 Å². The lowest BCUT2D eigenvalue weighted by Crippen LogP contribution is -2.12. The summed E-state index contributed by atoms with van der Waals surface area (Å²) >= 11 is 0. The Labute approximate surface area is 310 Å². The molecule has 54 heavy (non-hydrogen) atoms. The van der Waals surface area contributed by atoms with Crippen LogP contribution in [-0.2, 0) is 0 Å². The zero-order valence-corrected chi connectivity index (χ0v) is 28.5. The first-order valence-corrected chi connectivity index (χ1v) is 16.7. The zero-order chi connectivity index (χ0) is 37.9. The predicted molar refractivity (Wildman–Crippen MR) is 208 cm³/mol. The molecule has 0 aromatic heterocycles. The minimum absolute atomic E-state index is 0.0794. The molecular weight excluding hydrogens is 682 g/mol. The van der Waals surface area contributed by atoms with E-state index in [-0.39, 0.29) is 23.2 Å². The highest BCUT2D eigenvalue weighted by atomic mass is 16.6. The maximum absolute atomic E-state index is 13.1. The minimum atomic E-state index is -0.506. The van der Waals surface area contributed by atoms with Crippen LogP contribution in [0.5, 0.6) is 11.5 Å². The third kappa shape index (κ3) is 9.74. The molecule has 2 amide bonds. The standard InChI is InChI=1S/C44H31N3O7/c48-41(24-18-30-8-2-1-3-9-30)33-11-5-14-36(27-33)45-43(50)32-20-22-39(23-21-32)54-40-17-7-13-35(29-40)44(51)46-37-15-6-12-34(28-37)42(49)25-19-31-10-4-16-38(26-31)47(52)53/h1-29H,(H,45,50)(H,46,51)/b24-18+,25-19+. The fourth-order valence-electron chi connectivity index (χ4n) is 5.26. The van der Waals surface area contributed by atoms with E-state index in [1.807, 2.05) is 30.3 Å². The fraction of sp³-hybridized carbons (Fsp3) is 0. The lowest BCUT2D eigenvalue weighted by molar-refractivity contribution is -0.384. The molecule has 0 bridgehead atoms. The largest absolute Gasteiger partial charge is 0.457 e. The number of carbonyl (C=O) groups excluding carboxylic acids is 4. The minimum Gasteiger partial charge on any atom is -0.457 e. The van der Waals surface area contributed by atoms with Gasteiger partial charge in [0.25, 0.3) is 17.5 Å². The van der Waals surface area contributed by atoms with E-state index in [0.717, 1.165) is 5.56 Å². The maximum atomic E-state index is 13.1. The van der Waals surface area contributed by atoms with Gasteiger partial charge in [-0.25, -0.2) is 0 Å². The Morgan fingerprint density at radius 3 is 1.67 bits per heavy atom. The van der Waals surface area contributed by atoms with Crippen LogP contribution < -0.4 is 15.4 Å². The number of carbonyl (C=O) groups is 4. The van der Waals surface area contributed by atoms with Gasteiger partial charge in [-0.05, 0) is 90.0 Å². The first kappa shape index (κ1) is 36.1. The number of amides is 2. The van der Waals surface area contributed by atoms with E-state index in [0.29, 0.717) is 50.7 Å². The molecule has 0 aliphatic rings.